The first-order valence-corrected chi connectivity index (χ1v) is 6.75. The third-order valence-electron chi connectivity index (χ3n) is 3.32. The van der Waals surface area contributed by atoms with Crippen molar-refractivity contribution >= 4 is 22.6 Å². The number of amides is 1. The molecule has 2 aromatic rings. The van der Waals surface area contributed by atoms with Gasteiger partial charge < -0.3 is 10.3 Å². The van der Waals surface area contributed by atoms with Gasteiger partial charge in [0.05, 0.1) is 11.1 Å². The standard InChI is InChI=1S/C15H20N4O/c1-4-19(10(2)3)15(20)12-9-14(18-16)17-13-8-6-5-7-11(12)13/h5-10H,4,16H2,1-3H3,(H,17,18). The summed E-state index contributed by atoms with van der Waals surface area (Å²) in [5, 5.41) is 0.843. The quantitative estimate of drug-likeness (QED) is 0.662. The smallest absolute Gasteiger partial charge is 0.254 e. The number of pyridine rings is 1. The maximum absolute atomic E-state index is 12.7. The predicted octanol–water partition coefficient (Wildman–Crippen LogP) is 2.39. The van der Waals surface area contributed by atoms with Crippen LogP contribution in [0.25, 0.3) is 10.9 Å². The summed E-state index contributed by atoms with van der Waals surface area (Å²) >= 11 is 0. The number of hydrazine groups is 1. The molecule has 0 saturated heterocycles. The minimum Gasteiger partial charge on any atom is -0.336 e. The molecule has 1 amide bonds. The van der Waals surface area contributed by atoms with Crippen LogP contribution in [0.5, 0.6) is 0 Å². The van der Waals surface area contributed by atoms with Crippen LogP contribution in [0.1, 0.15) is 31.1 Å². The van der Waals surface area contributed by atoms with Crippen molar-refractivity contribution in [3.05, 3.63) is 35.9 Å². The first-order chi connectivity index (χ1) is 9.58. The van der Waals surface area contributed by atoms with E-state index in [4.69, 9.17) is 5.84 Å². The molecule has 1 aromatic carbocycles. The molecule has 3 N–H and O–H groups in total. The molecule has 5 heteroatoms. The predicted molar refractivity (Wildman–Crippen MR) is 81.4 cm³/mol. The molecule has 106 valence electrons. The Kier molecular flexibility index (Phi) is 4.20. The summed E-state index contributed by atoms with van der Waals surface area (Å²) in [6.07, 6.45) is 0. The summed E-state index contributed by atoms with van der Waals surface area (Å²) in [5.74, 6) is 5.93. The maximum Gasteiger partial charge on any atom is 0.254 e. The fraction of sp³-hybridized carbons (Fsp3) is 0.333. The minimum absolute atomic E-state index is 0.00222. The molecule has 0 bridgehead atoms. The van der Waals surface area contributed by atoms with Crippen LogP contribution in [0.15, 0.2) is 30.3 Å². The third-order valence-corrected chi connectivity index (χ3v) is 3.32. The minimum atomic E-state index is -0.00222. The van der Waals surface area contributed by atoms with Gasteiger partial charge >= 0.3 is 0 Å². The number of nitrogens with one attached hydrogen (secondary N) is 1. The molecule has 0 radical (unpaired) electrons. The average molecular weight is 272 g/mol. The van der Waals surface area contributed by atoms with E-state index in [0.717, 1.165) is 10.9 Å². The van der Waals surface area contributed by atoms with Crippen LogP contribution < -0.4 is 11.3 Å². The Morgan fingerprint density at radius 3 is 2.70 bits per heavy atom. The molecule has 0 atom stereocenters. The molecule has 0 aliphatic carbocycles. The molecule has 0 aliphatic heterocycles. The van der Waals surface area contributed by atoms with E-state index in [9.17, 15) is 4.79 Å². The average Bonchev–Trinajstić information content (AvgIpc) is 2.46. The van der Waals surface area contributed by atoms with Crippen LogP contribution in [0.2, 0.25) is 0 Å². The molecule has 1 aromatic heterocycles. The molecule has 0 saturated carbocycles. The van der Waals surface area contributed by atoms with Crippen molar-refractivity contribution in [2.75, 3.05) is 12.0 Å². The van der Waals surface area contributed by atoms with Gasteiger partial charge in [-0.2, -0.15) is 0 Å². The van der Waals surface area contributed by atoms with Crippen molar-refractivity contribution in [2.45, 2.75) is 26.8 Å². The van der Waals surface area contributed by atoms with Gasteiger partial charge in [0, 0.05) is 18.0 Å². The fourth-order valence-electron chi connectivity index (χ4n) is 2.32. The molecular weight excluding hydrogens is 252 g/mol. The van der Waals surface area contributed by atoms with E-state index in [0.29, 0.717) is 17.9 Å². The Morgan fingerprint density at radius 2 is 2.10 bits per heavy atom. The van der Waals surface area contributed by atoms with Crippen LogP contribution in [0, 0.1) is 0 Å². The number of rotatable bonds is 4. The zero-order valence-electron chi connectivity index (χ0n) is 12.1. The van der Waals surface area contributed by atoms with E-state index in [1.54, 1.807) is 6.07 Å². The zero-order valence-corrected chi connectivity index (χ0v) is 12.1. The Balaban J connectivity index is 2.60. The summed E-state index contributed by atoms with van der Waals surface area (Å²) in [6.45, 7) is 6.65. The summed E-state index contributed by atoms with van der Waals surface area (Å²) in [6, 6.07) is 9.43. The Labute approximate surface area is 118 Å². The van der Waals surface area contributed by atoms with Crippen molar-refractivity contribution in [3.8, 4) is 0 Å². The number of para-hydroxylation sites is 1. The zero-order chi connectivity index (χ0) is 14.7. The lowest BCUT2D eigenvalue weighted by atomic mass is 10.1. The van der Waals surface area contributed by atoms with Gasteiger partial charge in [0.1, 0.15) is 5.82 Å². The maximum atomic E-state index is 12.7. The van der Waals surface area contributed by atoms with Crippen LogP contribution in [-0.4, -0.2) is 28.4 Å². The summed E-state index contributed by atoms with van der Waals surface area (Å²) < 4.78 is 0. The van der Waals surface area contributed by atoms with Gasteiger partial charge in [-0.1, -0.05) is 18.2 Å². The van der Waals surface area contributed by atoms with Gasteiger partial charge in [-0.15, -0.1) is 0 Å². The largest absolute Gasteiger partial charge is 0.336 e. The number of nitrogens with two attached hydrogens (primary N) is 1. The van der Waals surface area contributed by atoms with Crippen molar-refractivity contribution < 1.29 is 4.79 Å². The molecule has 0 fully saturated rings. The number of benzene rings is 1. The normalized spacial score (nSPS) is 10.8. The second-order valence-electron chi connectivity index (χ2n) is 4.90. The van der Waals surface area contributed by atoms with Gasteiger partial charge in [-0.3, -0.25) is 4.79 Å². The highest BCUT2D eigenvalue weighted by molar-refractivity contribution is 6.07. The second-order valence-corrected chi connectivity index (χ2v) is 4.90. The van der Waals surface area contributed by atoms with Gasteiger partial charge in [-0.25, -0.2) is 10.8 Å². The van der Waals surface area contributed by atoms with E-state index >= 15 is 0 Å². The van der Waals surface area contributed by atoms with Crippen molar-refractivity contribution in [3.63, 3.8) is 0 Å². The van der Waals surface area contributed by atoms with E-state index in [2.05, 4.69) is 10.4 Å². The van der Waals surface area contributed by atoms with Crippen LogP contribution >= 0.6 is 0 Å². The molecule has 20 heavy (non-hydrogen) atoms. The monoisotopic (exact) mass is 272 g/mol. The molecular formula is C15H20N4O. The lowest BCUT2D eigenvalue weighted by molar-refractivity contribution is 0.0719. The highest BCUT2D eigenvalue weighted by Gasteiger charge is 2.20. The number of hydrogen-bond donors (Lipinski definition) is 2. The number of aromatic nitrogens is 1. The number of nitrogen functional groups attached to an aromatic ring is 1. The van der Waals surface area contributed by atoms with Crippen LogP contribution in [0.3, 0.4) is 0 Å². The lowest BCUT2D eigenvalue weighted by Gasteiger charge is -2.26. The first-order valence-electron chi connectivity index (χ1n) is 6.75. The Hall–Kier alpha value is -2.14. The number of hydrogen-bond acceptors (Lipinski definition) is 4. The van der Waals surface area contributed by atoms with E-state index in [-0.39, 0.29) is 11.9 Å². The number of carbonyl (C=O) groups excluding carboxylic acids is 1. The van der Waals surface area contributed by atoms with Crippen LogP contribution in [0.4, 0.5) is 5.82 Å². The van der Waals surface area contributed by atoms with Crippen LogP contribution in [-0.2, 0) is 0 Å². The fourth-order valence-corrected chi connectivity index (χ4v) is 2.32. The van der Waals surface area contributed by atoms with Crippen molar-refractivity contribution in [1.29, 1.82) is 0 Å². The number of fused-ring (bicyclic) bond motifs is 1. The van der Waals surface area contributed by atoms with E-state index in [1.165, 1.54) is 0 Å². The number of nitrogens with zero attached hydrogens (tertiary/aromatic N) is 2. The number of carbonyl (C=O) groups is 1. The van der Waals surface area contributed by atoms with E-state index in [1.807, 2.05) is 49.9 Å². The highest BCUT2D eigenvalue weighted by Crippen LogP contribution is 2.22. The Morgan fingerprint density at radius 1 is 1.40 bits per heavy atom. The Bertz CT molecular complexity index is 624. The summed E-state index contributed by atoms with van der Waals surface area (Å²) in [5.41, 5.74) is 3.90. The lowest BCUT2D eigenvalue weighted by Crippen LogP contribution is -2.36. The third kappa shape index (κ3) is 2.58. The van der Waals surface area contributed by atoms with Gasteiger partial charge in [0.15, 0.2) is 0 Å². The molecule has 2 rings (SSSR count). The molecule has 0 spiro atoms. The topological polar surface area (TPSA) is 71.2 Å². The summed E-state index contributed by atoms with van der Waals surface area (Å²) in [4.78, 5) is 18.9. The first kappa shape index (κ1) is 14.3. The second kappa shape index (κ2) is 5.88. The molecule has 0 aliphatic rings. The molecule has 1 heterocycles. The molecule has 5 nitrogen and oxygen atoms in total. The number of anilines is 1. The van der Waals surface area contributed by atoms with Gasteiger partial charge in [-0.05, 0) is 32.9 Å². The highest BCUT2D eigenvalue weighted by atomic mass is 16.2. The van der Waals surface area contributed by atoms with Crippen molar-refractivity contribution in [1.82, 2.24) is 9.88 Å². The molecule has 0 unspecified atom stereocenters. The van der Waals surface area contributed by atoms with Crippen molar-refractivity contribution in [2.24, 2.45) is 5.84 Å². The van der Waals surface area contributed by atoms with Gasteiger partial charge in [0.2, 0.25) is 0 Å². The summed E-state index contributed by atoms with van der Waals surface area (Å²) in [7, 11) is 0. The SMILES string of the molecule is CCN(C(=O)c1cc(NN)nc2ccccc12)C(C)C. The van der Waals surface area contributed by atoms with Gasteiger partial charge in [0.25, 0.3) is 5.91 Å². The van der Waals surface area contributed by atoms with E-state index < -0.39 is 0 Å².